The Balaban J connectivity index is 2.62. The van der Waals surface area contributed by atoms with E-state index in [4.69, 9.17) is 9.47 Å². The second-order valence-corrected chi connectivity index (χ2v) is 7.29. The van der Waals surface area contributed by atoms with E-state index in [0.29, 0.717) is 24.9 Å². The van der Waals surface area contributed by atoms with Gasteiger partial charge in [-0.3, -0.25) is 4.79 Å². The quantitative estimate of drug-likeness (QED) is 0.633. The summed E-state index contributed by atoms with van der Waals surface area (Å²) in [4.78, 5) is 11.7. The van der Waals surface area contributed by atoms with Gasteiger partial charge in [-0.05, 0) is 37.5 Å². The minimum Gasteiger partial charge on any atom is -0.490 e. The molecule has 1 aromatic carbocycles. The molecule has 130 valence electrons. The first-order valence-corrected chi connectivity index (χ1v) is 9.85. The number of hydrogen-bond acceptors (Lipinski definition) is 4. The molecule has 0 saturated carbocycles. The van der Waals surface area contributed by atoms with Crippen molar-refractivity contribution in [3.05, 3.63) is 22.2 Å². The first kappa shape index (κ1) is 20.2. The first-order valence-electron chi connectivity index (χ1n) is 7.90. The van der Waals surface area contributed by atoms with Gasteiger partial charge >= 0.3 is 0 Å². The Morgan fingerprint density at radius 1 is 1.22 bits per heavy atom. The maximum absolute atomic E-state index is 11.7. The zero-order valence-electron chi connectivity index (χ0n) is 14.3. The number of ether oxygens (including phenoxy) is 2. The second kappa shape index (κ2) is 10.8. The van der Waals surface area contributed by atoms with Gasteiger partial charge in [-0.15, -0.1) is 11.8 Å². The third-order valence-electron chi connectivity index (χ3n) is 2.91. The van der Waals surface area contributed by atoms with Crippen LogP contribution in [0.25, 0.3) is 0 Å². The molecule has 1 amide bonds. The van der Waals surface area contributed by atoms with E-state index < -0.39 is 0 Å². The molecule has 0 heterocycles. The summed E-state index contributed by atoms with van der Waals surface area (Å²) in [6.45, 7) is 9.97. The van der Waals surface area contributed by atoms with E-state index in [-0.39, 0.29) is 5.91 Å². The lowest BCUT2D eigenvalue weighted by Gasteiger charge is -2.14. The largest absolute Gasteiger partial charge is 0.490 e. The Hall–Kier alpha value is -0.880. The maximum atomic E-state index is 11.7. The first-order chi connectivity index (χ1) is 11.0. The fourth-order valence-electron chi connectivity index (χ4n) is 1.85. The van der Waals surface area contributed by atoms with Gasteiger partial charge in [0.25, 0.3) is 0 Å². The van der Waals surface area contributed by atoms with Gasteiger partial charge in [0.2, 0.25) is 5.91 Å². The van der Waals surface area contributed by atoms with Crippen molar-refractivity contribution in [2.75, 3.05) is 25.5 Å². The fraction of sp³-hybridized carbons (Fsp3) is 0.588. The topological polar surface area (TPSA) is 47.6 Å². The van der Waals surface area contributed by atoms with Gasteiger partial charge in [-0.2, -0.15) is 0 Å². The molecule has 0 aliphatic heterocycles. The van der Waals surface area contributed by atoms with E-state index in [1.165, 1.54) is 0 Å². The van der Waals surface area contributed by atoms with Gasteiger partial charge < -0.3 is 14.8 Å². The lowest BCUT2D eigenvalue weighted by Crippen LogP contribution is -2.28. The van der Waals surface area contributed by atoms with Crippen molar-refractivity contribution in [2.24, 2.45) is 5.92 Å². The normalized spacial score (nSPS) is 10.7. The highest BCUT2D eigenvalue weighted by Crippen LogP contribution is 2.35. The monoisotopic (exact) mass is 403 g/mol. The van der Waals surface area contributed by atoms with Crippen molar-refractivity contribution in [1.29, 1.82) is 0 Å². The molecule has 1 N–H and O–H groups in total. The SMILES string of the molecule is CCOc1cc(Br)c(CSCC(=O)NCC(C)C)cc1OCC. The van der Waals surface area contributed by atoms with E-state index >= 15 is 0 Å². The van der Waals surface area contributed by atoms with Crippen LogP contribution in [-0.2, 0) is 10.5 Å². The Labute approximate surface area is 151 Å². The Kier molecular flexibility index (Phi) is 9.48. The van der Waals surface area contributed by atoms with Gasteiger partial charge in [0.05, 0.1) is 19.0 Å². The van der Waals surface area contributed by atoms with E-state index in [9.17, 15) is 4.79 Å². The maximum Gasteiger partial charge on any atom is 0.230 e. The highest BCUT2D eigenvalue weighted by Gasteiger charge is 2.11. The third-order valence-corrected chi connectivity index (χ3v) is 4.63. The minimum atomic E-state index is 0.0794. The molecular formula is C17H26BrNO3S. The predicted molar refractivity (Wildman–Crippen MR) is 100 cm³/mol. The average molecular weight is 404 g/mol. The molecule has 23 heavy (non-hydrogen) atoms. The van der Waals surface area contributed by atoms with E-state index in [1.807, 2.05) is 26.0 Å². The fourth-order valence-corrected chi connectivity index (χ4v) is 3.34. The van der Waals surface area contributed by atoms with Gasteiger partial charge in [0, 0.05) is 16.8 Å². The number of carbonyl (C=O) groups excluding carboxylic acids is 1. The molecule has 0 bridgehead atoms. The van der Waals surface area contributed by atoms with E-state index in [2.05, 4.69) is 35.1 Å². The molecule has 0 aromatic heterocycles. The lowest BCUT2D eigenvalue weighted by atomic mass is 10.2. The molecule has 0 fully saturated rings. The van der Waals surface area contributed by atoms with Crippen LogP contribution in [0.2, 0.25) is 0 Å². The number of carbonyl (C=O) groups is 1. The van der Waals surface area contributed by atoms with Gasteiger partial charge in [0.15, 0.2) is 11.5 Å². The molecule has 0 saturated heterocycles. The zero-order valence-corrected chi connectivity index (χ0v) is 16.7. The molecule has 0 atom stereocenters. The standard InChI is InChI=1S/C17H26BrNO3S/c1-5-21-15-7-13(14(18)8-16(15)22-6-2)10-23-11-17(20)19-9-12(3)4/h7-8,12H,5-6,9-11H2,1-4H3,(H,19,20). The van der Waals surface area contributed by atoms with Crippen LogP contribution in [-0.4, -0.2) is 31.4 Å². The second-order valence-electron chi connectivity index (χ2n) is 5.45. The average Bonchev–Trinajstić information content (AvgIpc) is 2.49. The summed E-state index contributed by atoms with van der Waals surface area (Å²) < 4.78 is 12.2. The number of thioether (sulfide) groups is 1. The van der Waals surface area contributed by atoms with Gasteiger partial charge in [-0.1, -0.05) is 29.8 Å². The van der Waals surface area contributed by atoms with Crippen molar-refractivity contribution in [3.63, 3.8) is 0 Å². The molecule has 0 spiro atoms. The Bertz CT molecular complexity index is 509. The van der Waals surface area contributed by atoms with Crippen molar-refractivity contribution in [1.82, 2.24) is 5.32 Å². The molecule has 6 heteroatoms. The van der Waals surface area contributed by atoms with Crippen LogP contribution in [0.4, 0.5) is 0 Å². The summed E-state index contributed by atoms with van der Waals surface area (Å²) in [5.74, 6) is 3.23. The summed E-state index contributed by atoms with van der Waals surface area (Å²) in [6, 6.07) is 3.92. The highest BCUT2D eigenvalue weighted by molar-refractivity contribution is 9.10. The molecule has 0 unspecified atom stereocenters. The molecule has 0 aliphatic rings. The van der Waals surface area contributed by atoms with Crippen LogP contribution < -0.4 is 14.8 Å². The molecular weight excluding hydrogens is 378 g/mol. The van der Waals surface area contributed by atoms with E-state index in [1.54, 1.807) is 11.8 Å². The molecule has 4 nitrogen and oxygen atoms in total. The third kappa shape index (κ3) is 7.48. The predicted octanol–water partition coefficient (Wildman–Crippen LogP) is 4.25. The number of benzene rings is 1. The highest BCUT2D eigenvalue weighted by atomic mass is 79.9. The Morgan fingerprint density at radius 2 is 1.83 bits per heavy atom. The van der Waals surface area contributed by atoms with Crippen LogP contribution in [0.15, 0.2) is 16.6 Å². The summed E-state index contributed by atoms with van der Waals surface area (Å²) in [7, 11) is 0. The molecule has 1 aromatic rings. The van der Waals surface area contributed by atoms with Crippen molar-refractivity contribution in [3.8, 4) is 11.5 Å². The van der Waals surface area contributed by atoms with Crippen LogP contribution in [0, 0.1) is 5.92 Å². The smallest absolute Gasteiger partial charge is 0.230 e. The number of hydrogen-bond donors (Lipinski definition) is 1. The van der Waals surface area contributed by atoms with E-state index in [0.717, 1.165) is 33.8 Å². The minimum absolute atomic E-state index is 0.0794. The molecule has 0 radical (unpaired) electrons. The van der Waals surface area contributed by atoms with Crippen molar-refractivity contribution in [2.45, 2.75) is 33.4 Å². The van der Waals surface area contributed by atoms with Crippen molar-refractivity contribution >= 4 is 33.6 Å². The molecule has 0 aliphatic carbocycles. The zero-order chi connectivity index (χ0) is 17.2. The van der Waals surface area contributed by atoms with Crippen LogP contribution in [0.1, 0.15) is 33.3 Å². The summed E-state index contributed by atoms with van der Waals surface area (Å²) in [5.41, 5.74) is 1.10. The Morgan fingerprint density at radius 3 is 2.39 bits per heavy atom. The van der Waals surface area contributed by atoms with Crippen LogP contribution in [0.3, 0.4) is 0 Å². The number of rotatable bonds is 10. The number of halogens is 1. The summed E-state index contributed by atoms with van der Waals surface area (Å²) >= 11 is 5.16. The number of amides is 1. The van der Waals surface area contributed by atoms with Gasteiger partial charge in [-0.25, -0.2) is 0 Å². The van der Waals surface area contributed by atoms with Crippen LogP contribution in [0.5, 0.6) is 11.5 Å². The van der Waals surface area contributed by atoms with Gasteiger partial charge in [0.1, 0.15) is 0 Å². The number of nitrogens with one attached hydrogen (secondary N) is 1. The summed E-state index contributed by atoms with van der Waals surface area (Å²) in [6.07, 6.45) is 0. The van der Waals surface area contributed by atoms with Crippen molar-refractivity contribution < 1.29 is 14.3 Å². The molecule has 1 rings (SSSR count). The summed E-state index contributed by atoms with van der Waals surface area (Å²) in [5, 5.41) is 2.92. The lowest BCUT2D eigenvalue weighted by molar-refractivity contribution is -0.118. The van der Waals surface area contributed by atoms with Crippen LogP contribution >= 0.6 is 27.7 Å².